The summed E-state index contributed by atoms with van der Waals surface area (Å²) in [4.78, 5) is 12.6. The van der Waals surface area contributed by atoms with Crippen LogP contribution in [0.4, 0.5) is 0 Å². The molecular weight excluding hydrogens is 496 g/mol. The van der Waals surface area contributed by atoms with Gasteiger partial charge in [-0.3, -0.25) is 4.79 Å². The highest BCUT2D eigenvalue weighted by Gasteiger charge is 2.31. The van der Waals surface area contributed by atoms with Crippen molar-refractivity contribution in [1.29, 1.82) is 0 Å². The van der Waals surface area contributed by atoms with Gasteiger partial charge < -0.3 is 0 Å². The molecule has 1 heteroatoms. The van der Waals surface area contributed by atoms with Crippen LogP contribution in [0.3, 0.4) is 0 Å². The molecule has 1 aliphatic carbocycles. The van der Waals surface area contributed by atoms with Crippen LogP contribution in [0.15, 0.2) is 133 Å². The Hall–Kier alpha value is -5.01. The average Bonchev–Trinajstić information content (AvgIpc) is 3.34. The largest absolute Gasteiger partial charge is 0.295 e. The van der Waals surface area contributed by atoms with Crippen LogP contribution in [-0.4, -0.2) is 5.78 Å². The normalized spacial score (nSPS) is 12.7. The van der Waals surface area contributed by atoms with E-state index in [1.165, 1.54) is 66.1 Å². The van der Waals surface area contributed by atoms with E-state index >= 15 is 0 Å². The second kappa shape index (κ2) is 9.87. The molecule has 1 nitrogen and oxygen atoms in total. The van der Waals surface area contributed by atoms with Gasteiger partial charge in [-0.15, -0.1) is 0 Å². The molecule has 0 saturated heterocycles. The van der Waals surface area contributed by atoms with E-state index in [9.17, 15) is 4.79 Å². The summed E-state index contributed by atoms with van der Waals surface area (Å²) < 4.78 is 0. The highest BCUT2D eigenvalue weighted by molar-refractivity contribution is 6.28. The maximum Gasteiger partial charge on any atom is 0.160 e. The molecule has 0 bridgehead atoms. The van der Waals surface area contributed by atoms with Gasteiger partial charge in [-0.25, -0.2) is 0 Å². The van der Waals surface area contributed by atoms with Gasteiger partial charge in [0.15, 0.2) is 5.78 Å². The first-order valence-electron chi connectivity index (χ1n) is 14.2. The van der Waals surface area contributed by atoms with Crippen molar-refractivity contribution in [2.75, 3.05) is 0 Å². The molecule has 0 spiro atoms. The second-order valence-electron chi connectivity index (χ2n) is 10.6. The van der Waals surface area contributed by atoms with E-state index in [4.69, 9.17) is 0 Å². The monoisotopic (exact) mass is 526 g/mol. The number of carbonyl (C=O) groups is 1. The summed E-state index contributed by atoms with van der Waals surface area (Å²) in [5.74, 6) is 0.0797. The van der Waals surface area contributed by atoms with E-state index in [2.05, 4.69) is 121 Å². The molecule has 0 radical (unpaired) electrons. The first kappa shape index (κ1) is 25.0. The number of ketones is 1. The first-order chi connectivity index (χ1) is 20.1. The molecule has 0 atom stereocenters. The number of hydrogen-bond acceptors (Lipinski definition) is 1. The molecule has 196 valence electrons. The Morgan fingerprint density at radius 1 is 0.512 bits per heavy atom. The van der Waals surface area contributed by atoms with Crippen LogP contribution in [0, 0.1) is 0 Å². The van der Waals surface area contributed by atoms with Crippen molar-refractivity contribution in [3.05, 3.63) is 139 Å². The summed E-state index contributed by atoms with van der Waals surface area (Å²) in [6, 6.07) is 41.5. The van der Waals surface area contributed by atoms with Crippen LogP contribution < -0.4 is 0 Å². The predicted octanol–water partition coefficient (Wildman–Crippen LogP) is 10.9. The van der Waals surface area contributed by atoms with Crippen molar-refractivity contribution in [3.8, 4) is 44.5 Å². The van der Waals surface area contributed by atoms with Crippen molar-refractivity contribution in [2.24, 2.45) is 0 Å². The van der Waals surface area contributed by atoms with E-state index in [-0.39, 0.29) is 5.78 Å². The number of fused-ring (bicyclic) bond motifs is 4. The Morgan fingerprint density at radius 2 is 1.02 bits per heavy atom. The minimum Gasteiger partial charge on any atom is -0.295 e. The van der Waals surface area contributed by atoms with E-state index in [0.29, 0.717) is 0 Å². The number of allylic oxidation sites excluding steroid dienone is 4. The van der Waals surface area contributed by atoms with Crippen LogP contribution in [-0.2, 0) is 4.79 Å². The highest BCUT2D eigenvalue weighted by atomic mass is 16.1. The summed E-state index contributed by atoms with van der Waals surface area (Å²) in [6.45, 7) is 5.62. The van der Waals surface area contributed by atoms with Gasteiger partial charge >= 0.3 is 0 Å². The zero-order chi connectivity index (χ0) is 28.1. The Kier molecular flexibility index (Phi) is 6.02. The highest BCUT2D eigenvalue weighted by Crippen LogP contribution is 2.58. The molecule has 0 amide bonds. The van der Waals surface area contributed by atoms with Gasteiger partial charge in [0.25, 0.3) is 0 Å². The molecule has 41 heavy (non-hydrogen) atoms. The number of benzene rings is 6. The molecule has 7 rings (SSSR count). The summed E-state index contributed by atoms with van der Waals surface area (Å²) in [5.41, 5.74) is 12.9. The fraction of sp³-hybridized carbons (Fsp3) is 0.0750. The molecule has 0 unspecified atom stereocenters. The fourth-order valence-corrected chi connectivity index (χ4v) is 6.85. The second-order valence-corrected chi connectivity index (χ2v) is 10.6. The Bertz CT molecular complexity index is 1970. The molecule has 0 saturated carbocycles. The lowest BCUT2D eigenvalue weighted by Gasteiger charge is -2.20. The van der Waals surface area contributed by atoms with Gasteiger partial charge in [-0.1, -0.05) is 127 Å². The zero-order valence-electron chi connectivity index (χ0n) is 23.5. The van der Waals surface area contributed by atoms with Crippen molar-refractivity contribution in [3.63, 3.8) is 0 Å². The fourth-order valence-electron chi connectivity index (χ4n) is 6.85. The summed E-state index contributed by atoms with van der Waals surface area (Å²) in [7, 11) is 0. The Labute approximate surface area is 241 Å². The van der Waals surface area contributed by atoms with Gasteiger partial charge in [0.1, 0.15) is 0 Å². The van der Waals surface area contributed by atoms with Crippen molar-refractivity contribution in [1.82, 2.24) is 0 Å². The number of carbonyl (C=O) groups excluding carboxylic acids is 1. The topological polar surface area (TPSA) is 17.1 Å². The Balaban J connectivity index is 1.67. The molecule has 1 aliphatic rings. The van der Waals surface area contributed by atoms with Crippen molar-refractivity contribution < 1.29 is 4.79 Å². The summed E-state index contributed by atoms with van der Waals surface area (Å²) in [6.07, 6.45) is 4.01. The molecule has 6 aromatic carbocycles. The van der Waals surface area contributed by atoms with Crippen LogP contribution in [0.1, 0.15) is 26.3 Å². The zero-order valence-corrected chi connectivity index (χ0v) is 23.5. The standard InChI is InChI=1S/C40H30O/c1-4-28(25(3)41)29(5-2)30-23-24-35-38-31(30)21-14-22-34(38)39-36(26-15-8-6-9-16-26)32-19-12-13-20-33(32)37(40(35)39)27-17-10-7-11-18-27/h4-24H,1-3H3/b28-4-,29-5+. The maximum atomic E-state index is 12.6. The van der Waals surface area contributed by atoms with Crippen molar-refractivity contribution in [2.45, 2.75) is 20.8 Å². The smallest absolute Gasteiger partial charge is 0.160 e. The minimum atomic E-state index is 0.0797. The predicted molar refractivity (Wildman–Crippen MR) is 175 cm³/mol. The molecular formula is C40H30O. The molecule has 0 heterocycles. The van der Waals surface area contributed by atoms with Crippen LogP contribution in [0.5, 0.6) is 0 Å². The third-order valence-corrected chi connectivity index (χ3v) is 8.46. The van der Waals surface area contributed by atoms with Crippen LogP contribution in [0.25, 0.3) is 71.6 Å². The lowest BCUT2D eigenvalue weighted by Crippen LogP contribution is -2.00. The number of hydrogen-bond donors (Lipinski definition) is 0. The maximum absolute atomic E-state index is 12.6. The first-order valence-corrected chi connectivity index (χ1v) is 14.2. The molecule has 0 aromatic heterocycles. The van der Waals surface area contributed by atoms with Gasteiger partial charge in [0.05, 0.1) is 0 Å². The van der Waals surface area contributed by atoms with E-state index in [0.717, 1.165) is 16.7 Å². The van der Waals surface area contributed by atoms with Crippen molar-refractivity contribution >= 4 is 32.9 Å². The van der Waals surface area contributed by atoms with E-state index in [1.54, 1.807) is 6.92 Å². The lowest BCUT2D eigenvalue weighted by molar-refractivity contribution is -0.113. The third kappa shape index (κ3) is 3.73. The molecule has 0 aliphatic heterocycles. The summed E-state index contributed by atoms with van der Waals surface area (Å²) >= 11 is 0. The van der Waals surface area contributed by atoms with Gasteiger partial charge in [0.2, 0.25) is 0 Å². The van der Waals surface area contributed by atoms with Gasteiger partial charge in [-0.2, -0.15) is 0 Å². The van der Waals surface area contributed by atoms with E-state index < -0.39 is 0 Å². The quantitative estimate of drug-likeness (QED) is 0.161. The van der Waals surface area contributed by atoms with Gasteiger partial charge in [-0.05, 0) is 98.0 Å². The van der Waals surface area contributed by atoms with E-state index in [1.807, 2.05) is 19.9 Å². The molecule has 6 aromatic rings. The van der Waals surface area contributed by atoms with Crippen LogP contribution >= 0.6 is 0 Å². The Morgan fingerprint density at radius 3 is 1.54 bits per heavy atom. The van der Waals surface area contributed by atoms with Gasteiger partial charge in [0, 0.05) is 5.57 Å². The summed E-state index contributed by atoms with van der Waals surface area (Å²) in [5, 5.41) is 4.93. The third-order valence-electron chi connectivity index (χ3n) is 8.46. The SMILES string of the molecule is C/C=C(\C(=C/C)C(C)=O)c1ccc2c3c(cccc13)-c1c-2c(-c2ccccc2)c2ccccc2c1-c1ccccc1. The number of Topliss-reactive ketones (excluding diaryl/α,β-unsaturated/α-hetero) is 1. The average molecular weight is 527 g/mol. The molecule has 0 N–H and O–H groups in total. The minimum absolute atomic E-state index is 0.0797. The van der Waals surface area contributed by atoms with Crippen LogP contribution in [0.2, 0.25) is 0 Å². The number of rotatable bonds is 5. The molecule has 0 fully saturated rings. The lowest BCUT2D eigenvalue weighted by atomic mass is 9.82.